The van der Waals surface area contributed by atoms with Gasteiger partial charge in [0.1, 0.15) is 5.82 Å². The summed E-state index contributed by atoms with van der Waals surface area (Å²) < 4.78 is 0. The van der Waals surface area contributed by atoms with Gasteiger partial charge in [-0.3, -0.25) is 14.4 Å². The van der Waals surface area contributed by atoms with Gasteiger partial charge >= 0.3 is 0 Å². The number of hydrogen-bond acceptors (Lipinski definition) is 4. The Bertz CT molecular complexity index is 573. The van der Waals surface area contributed by atoms with E-state index in [0.29, 0.717) is 43.3 Å². The van der Waals surface area contributed by atoms with E-state index in [2.05, 4.69) is 9.97 Å². The number of H-pyrrole nitrogens is 1. The fraction of sp³-hybridized carbons (Fsp3) is 0.538. The average molecular weight is 278 g/mol. The first-order valence-electron chi connectivity index (χ1n) is 6.54. The number of hydrogen-bond donors (Lipinski definition) is 1. The summed E-state index contributed by atoms with van der Waals surface area (Å²) in [5.74, 6) is 0.443. The van der Waals surface area contributed by atoms with Crippen LogP contribution >= 0.6 is 0 Å². The Morgan fingerprint density at radius 2 is 1.95 bits per heavy atom. The van der Waals surface area contributed by atoms with Gasteiger partial charge < -0.3 is 14.8 Å². The van der Waals surface area contributed by atoms with Gasteiger partial charge in [-0.15, -0.1) is 0 Å². The van der Waals surface area contributed by atoms with Crippen LogP contribution in [0.4, 0.5) is 0 Å². The molecule has 0 unspecified atom stereocenters. The molecule has 7 nitrogen and oxygen atoms in total. The van der Waals surface area contributed by atoms with Crippen LogP contribution in [0, 0.1) is 13.8 Å². The second kappa shape index (κ2) is 5.85. The number of rotatable bonds is 3. The van der Waals surface area contributed by atoms with Crippen molar-refractivity contribution in [1.82, 2.24) is 19.8 Å². The number of nitrogens with zero attached hydrogens (tertiary/aromatic N) is 3. The van der Waals surface area contributed by atoms with Gasteiger partial charge in [-0.2, -0.15) is 0 Å². The number of aromatic nitrogens is 2. The number of piperazine rings is 1. The topological polar surface area (TPSA) is 86.4 Å². The molecule has 2 heterocycles. The maximum Gasteiger partial charge on any atom is 0.254 e. The molecule has 20 heavy (non-hydrogen) atoms. The third-order valence-electron chi connectivity index (χ3n) is 3.48. The van der Waals surface area contributed by atoms with E-state index < -0.39 is 0 Å². The van der Waals surface area contributed by atoms with Crippen molar-refractivity contribution in [3.63, 3.8) is 0 Å². The van der Waals surface area contributed by atoms with Crippen LogP contribution in [0.2, 0.25) is 0 Å². The highest BCUT2D eigenvalue weighted by atomic mass is 16.2. The van der Waals surface area contributed by atoms with Crippen LogP contribution in [-0.4, -0.2) is 58.3 Å². The quantitative estimate of drug-likeness (QED) is 0.736. The molecule has 0 aliphatic carbocycles. The lowest BCUT2D eigenvalue weighted by atomic mass is 10.1. The molecule has 1 aliphatic rings. The van der Waals surface area contributed by atoms with Crippen molar-refractivity contribution >= 4 is 12.3 Å². The Morgan fingerprint density at radius 3 is 2.50 bits per heavy atom. The molecule has 0 atom stereocenters. The van der Waals surface area contributed by atoms with Gasteiger partial charge in [-0.1, -0.05) is 0 Å². The predicted molar refractivity (Wildman–Crippen MR) is 72.3 cm³/mol. The van der Waals surface area contributed by atoms with Gasteiger partial charge in [-0.05, 0) is 13.8 Å². The zero-order valence-electron chi connectivity index (χ0n) is 11.7. The lowest BCUT2D eigenvalue weighted by Crippen LogP contribution is -2.48. The zero-order chi connectivity index (χ0) is 14.7. The fourth-order valence-corrected chi connectivity index (χ4v) is 2.30. The first kappa shape index (κ1) is 14.2. The van der Waals surface area contributed by atoms with Gasteiger partial charge in [0.15, 0.2) is 0 Å². The van der Waals surface area contributed by atoms with E-state index in [1.807, 2.05) is 0 Å². The molecule has 2 amide bonds. The van der Waals surface area contributed by atoms with Crippen molar-refractivity contribution in [3.8, 4) is 0 Å². The molecule has 0 spiro atoms. The summed E-state index contributed by atoms with van der Waals surface area (Å²) in [6.07, 6.45) is 0.843. The van der Waals surface area contributed by atoms with Crippen molar-refractivity contribution in [2.75, 3.05) is 26.2 Å². The molecule has 0 radical (unpaired) electrons. The minimum absolute atomic E-state index is 0.0511. The summed E-state index contributed by atoms with van der Waals surface area (Å²) in [6.45, 7) is 5.53. The highest BCUT2D eigenvalue weighted by Crippen LogP contribution is 2.06. The van der Waals surface area contributed by atoms with E-state index >= 15 is 0 Å². The van der Waals surface area contributed by atoms with Crippen molar-refractivity contribution in [2.45, 2.75) is 20.3 Å². The maximum atomic E-state index is 12.2. The summed E-state index contributed by atoms with van der Waals surface area (Å²) in [5, 5.41) is 0. The highest BCUT2D eigenvalue weighted by Gasteiger charge is 2.22. The predicted octanol–water partition coefficient (Wildman–Crippen LogP) is -0.770. The minimum atomic E-state index is -0.255. The molecular formula is C13H18N4O3. The van der Waals surface area contributed by atoms with E-state index in [-0.39, 0.29) is 17.9 Å². The van der Waals surface area contributed by atoms with E-state index in [0.717, 1.165) is 6.41 Å². The first-order valence-corrected chi connectivity index (χ1v) is 6.54. The fourth-order valence-electron chi connectivity index (χ4n) is 2.30. The second-order valence-corrected chi connectivity index (χ2v) is 4.91. The molecule has 1 aromatic heterocycles. The lowest BCUT2D eigenvalue weighted by Gasteiger charge is -2.32. The van der Waals surface area contributed by atoms with Crippen LogP contribution < -0.4 is 5.56 Å². The minimum Gasteiger partial charge on any atom is -0.342 e. The normalized spacial score (nSPS) is 15.3. The molecule has 7 heteroatoms. The molecule has 1 aliphatic heterocycles. The third-order valence-corrected chi connectivity index (χ3v) is 3.48. The summed E-state index contributed by atoms with van der Waals surface area (Å²) in [6, 6.07) is 0. The molecule has 108 valence electrons. The molecule has 0 aromatic carbocycles. The van der Waals surface area contributed by atoms with E-state index in [9.17, 15) is 14.4 Å². The smallest absolute Gasteiger partial charge is 0.254 e. The van der Waals surface area contributed by atoms with E-state index in [1.165, 1.54) is 0 Å². The van der Waals surface area contributed by atoms with Gasteiger partial charge in [0.05, 0.1) is 6.42 Å². The number of carbonyl (C=O) groups excluding carboxylic acids is 2. The SMILES string of the molecule is Cc1nc(C)c(CC(=O)N2CCN(C=O)CC2)c(=O)[nH]1. The van der Waals surface area contributed by atoms with Crippen LogP contribution in [0.15, 0.2) is 4.79 Å². The van der Waals surface area contributed by atoms with Crippen LogP contribution in [0.3, 0.4) is 0 Å². The highest BCUT2D eigenvalue weighted by molar-refractivity contribution is 5.79. The van der Waals surface area contributed by atoms with Gasteiger partial charge in [-0.25, -0.2) is 4.98 Å². The summed E-state index contributed by atoms with van der Waals surface area (Å²) >= 11 is 0. The number of aryl methyl sites for hydroxylation is 2. The molecule has 1 saturated heterocycles. The van der Waals surface area contributed by atoms with Crippen molar-refractivity contribution in [1.29, 1.82) is 0 Å². The van der Waals surface area contributed by atoms with Crippen LogP contribution in [0.1, 0.15) is 17.1 Å². The summed E-state index contributed by atoms with van der Waals surface area (Å²) in [5.41, 5.74) is 0.749. The maximum absolute atomic E-state index is 12.2. The molecule has 2 rings (SSSR count). The first-order chi connectivity index (χ1) is 9.51. The summed E-state index contributed by atoms with van der Waals surface area (Å²) in [7, 11) is 0. The van der Waals surface area contributed by atoms with Gasteiger partial charge in [0, 0.05) is 37.4 Å². The number of nitrogens with one attached hydrogen (secondary N) is 1. The monoisotopic (exact) mass is 278 g/mol. The van der Waals surface area contributed by atoms with Crippen molar-refractivity contribution < 1.29 is 9.59 Å². The number of carbonyl (C=O) groups is 2. The standard InChI is InChI=1S/C13H18N4O3/c1-9-11(13(20)15-10(2)14-9)7-12(19)17-5-3-16(8-18)4-6-17/h8H,3-7H2,1-2H3,(H,14,15,20). The Labute approximate surface area is 116 Å². The Hall–Kier alpha value is -2.18. The second-order valence-electron chi connectivity index (χ2n) is 4.91. The number of aromatic amines is 1. The third kappa shape index (κ3) is 3.04. The van der Waals surface area contributed by atoms with Crippen LogP contribution in [0.25, 0.3) is 0 Å². The number of amides is 2. The van der Waals surface area contributed by atoms with Crippen LogP contribution in [-0.2, 0) is 16.0 Å². The molecule has 1 fully saturated rings. The molecular weight excluding hydrogens is 260 g/mol. The van der Waals surface area contributed by atoms with Crippen molar-refractivity contribution in [2.24, 2.45) is 0 Å². The largest absolute Gasteiger partial charge is 0.342 e. The summed E-state index contributed by atoms with van der Waals surface area (Å²) in [4.78, 5) is 44.8. The average Bonchev–Trinajstić information content (AvgIpc) is 2.42. The van der Waals surface area contributed by atoms with E-state index in [4.69, 9.17) is 0 Å². The van der Waals surface area contributed by atoms with Crippen molar-refractivity contribution in [3.05, 3.63) is 27.4 Å². The van der Waals surface area contributed by atoms with Gasteiger partial charge in [0.2, 0.25) is 12.3 Å². The molecule has 0 saturated carbocycles. The molecule has 0 bridgehead atoms. The molecule has 1 aromatic rings. The Balaban J connectivity index is 2.06. The lowest BCUT2D eigenvalue weighted by molar-refractivity contribution is -0.134. The van der Waals surface area contributed by atoms with Gasteiger partial charge in [0.25, 0.3) is 5.56 Å². The van der Waals surface area contributed by atoms with Crippen LogP contribution in [0.5, 0.6) is 0 Å². The zero-order valence-corrected chi connectivity index (χ0v) is 11.7. The Kier molecular flexibility index (Phi) is 4.16. The Morgan fingerprint density at radius 1 is 1.30 bits per heavy atom. The molecule has 1 N–H and O–H groups in total. The van der Waals surface area contributed by atoms with E-state index in [1.54, 1.807) is 23.6 Å².